The maximum Gasteiger partial charge on any atom is 0.293 e. The first kappa shape index (κ1) is 20.4. The number of thiocarbonyl (C=S) groups is 1. The van der Waals surface area contributed by atoms with Gasteiger partial charge in [-0.2, -0.15) is 0 Å². The van der Waals surface area contributed by atoms with E-state index < -0.39 is 5.91 Å². The highest BCUT2D eigenvalue weighted by Gasteiger charge is 2.14. The maximum atomic E-state index is 12.5. The number of hydrogen-bond donors (Lipinski definition) is 3. The normalized spacial score (nSPS) is 10.1. The fraction of sp³-hybridized carbons (Fsp3) is 0.0500. The number of halogens is 1. The summed E-state index contributed by atoms with van der Waals surface area (Å²) in [4.78, 5) is 24.4. The lowest BCUT2D eigenvalue weighted by atomic mass is 10.2. The minimum absolute atomic E-state index is 0.0845. The van der Waals surface area contributed by atoms with E-state index in [1.807, 2.05) is 0 Å². The number of hydrogen-bond acceptors (Lipinski definition) is 5. The van der Waals surface area contributed by atoms with E-state index in [0.717, 1.165) is 0 Å². The van der Waals surface area contributed by atoms with Gasteiger partial charge in [0.1, 0.15) is 5.75 Å². The molecule has 1 heterocycles. The van der Waals surface area contributed by atoms with Gasteiger partial charge in [-0.1, -0.05) is 23.7 Å². The Labute approximate surface area is 177 Å². The Balaban J connectivity index is 1.68. The fourth-order valence-corrected chi connectivity index (χ4v) is 2.87. The number of methoxy groups -OCH3 is 1. The predicted molar refractivity (Wildman–Crippen MR) is 115 cm³/mol. The van der Waals surface area contributed by atoms with Gasteiger partial charge in [0.05, 0.1) is 29.6 Å². The Kier molecular flexibility index (Phi) is 6.48. The molecule has 3 aromatic rings. The zero-order valence-corrected chi connectivity index (χ0v) is 16.8. The summed E-state index contributed by atoms with van der Waals surface area (Å²) in [6.45, 7) is 0. The minimum atomic E-state index is -0.469. The van der Waals surface area contributed by atoms with Gasteiger partial charge in [0.2, 0.25) is 0 Å². The average molecular weight is 430 g/mol. The lowest BCUT2D eigenvalue weighted by molar-refractivity contribution is 0.0950. The number of rotatable bonds is 5. The molecule has 1 aromatic heterocycles. The third-order valence-electron chi connectivity index (χ3n) is 3.80. The van der Waals surface area contributed by atoms with Crippen LogP contribution in [0.5, 0.6) is 5.75 Å². The summed E-state index contributed by atoms with van der Waals surface area (Å²) in [5, 5.41) is 8.57. The Morgan fingerprint density at radius 1 is 1.03 bits per heavy atom. The molecule has 0 aliphatic carbocycles. The third kappa shape index (κ3) is 5.13. The average Bonchev–Trinajstić information content (AvgIpc) is 3.24. The van der Waals surface area contributed by atoms with Crippen LogP contribution in [0.25, 0.3) is 0 Å². The topological polar surface area (TPSA) is 92.6 Å². The van der Waals surface area contributed by atoms with Crippen LogP contribution in [-0.2, 0) is 0 Å². The van der Waals surface area contributed by atoms with E-state index in [1.54, 1.807) is 48.5 Å². The fourth-order valence-electron chi connectivity index (χ4n) is 2.44. The molecule has 7 nitrogen and oxygen atoms in total. The lowest BCUT2D eigenvalue weighted by Crippen LogP contribution is -2.33. The molecule has 0 spiro atoms. The second-order valence-electron chi connectivity index (χ2n) is 5.73. The molecule has 0 saturated carbocycles. The number of furan rings is 1. The van der Waals surface area contributed by atoms with Crippen LogP contribution >= 0.6 is 23.8 Å². The molecule has 0 atom stereocenters. The van der Waals surface area contributed by atoms with Gasteiger partial charge in [-0.05, 0) is 48.6 Å². The summed E-state index contributed by atoms with van der Waals surface area (Å²) in [6.07, 6.45) is 1.39. The van der Waals surface area contributed by atoms with Crippen LogP contribution in [0.15, 0.2) is 65.3 Å². The number of ether oxygens (including phenoxy) is 1. The molecule has 0 fully saturated rings. The van der Waals surface area contributed by atoms with Gasteiger partial charge in [-0.3, -0.25) is 14.9 Å². The van der Waals surface area contributed by atoms with E-state index in [4.69, 9.17) is 33.0 Å². The van der Waals surface area contributed by atoms with Gasteiger partial charge in [0, 0.05) is 11.8 Å². The number of benzene rings is 2. The molecule has 0 saturated heterocycles. The molecule has 9 heteroatoms. The van der Waals surface area contributed by atoms with E-state index in [0.29, 0.717) is 27.7 Å². The lowest BCUT2D eigenvalue weighted by Gasteiger charge is -2.14. The number of carbonyl (C=O) groups excluding carboxylic acids is 2. The second kappa shape index (κ2) is 9.22. The summed E-state index contributed by atoms with van der Waals surface area (Å²) in [5.41, 5.74) is 1.36. The molecular formula is C20H16ClN3O4S. The van der Waals surface area contributed by atoms with E-state index >= 15 is 0 Å². The van der Waals surface area contributed by atoms with Crippen LogP contribution in [0.4, 0.5) is 11.4 Å². The number of anilines is 2. The summed E-state index contributed by atoms with van der Waals surface area (Å²) in [7, 11) is 1.47. The van der Waals surface area contributed by atoms with Crippen molar-refractivity contribution in [2.24, 2.45) is 0 Å². The van der Waals surface area contributed by atoms with Crippen molar-refractivity contribution < 1.29 is 18.7 Å². The summed E-state index contributed by atoms with van der Waals surface area (Å²) in [6, 6.07) is 14.8. The van der Waals surface area contributed by atoms with Gasteiger partial charge < -0.3 is 19.8 Å². The zero-order chi connectivity index (χ0) is 20.8. The van der Waals surface area contributed by atoms with Crippen LogP contribution in [0.3, 0.4) is 0 Å². The third-order valence-corrected chi connectivity index (χ3v) is 4.33. The SMILES string of the molecule is COc1cc(NC(=S)NC(=O)c2ccco2)ccc1NC(=O)c1ccccc1Cl. The van der Waals surface area contributed by atoms with Crippen molar-refractivity contribution in [3.8, 4) is 5.75 Å². The van der Waals surface area contributed by atoms with Crippen molar-refractivity contribution >= 4 is 52.1 Å². The van der Waals surface area contributed by atoms with Gasteiger partial charge in [-0.25, -0.2) is 0 Å². The largest absolute Gasteiger partial charge is 0.494 e. The number of carbonyl (C=O) groups is 2. The Morgan fingerprint density at radius 2 is 1.83 bits per heavy atom. The van der Waals surface area contributed by atoms with Crippen molar-refractivity contribution in [2.45, 2.75) is 0 Å². The van der Waals surface area contributed by atoms with Crippen molar-refractivity contribution in [2.75, 3.05) is 17.7 Å². The van der Waals surface area contributed by atoms with Crippen LogP contribution in [0.2, 0.25) is 5.02 Å². The molecule has 2 aromatic carbocycles. The van der Waals surface area contributed by atoms with Gasteiger partial charge in [0.25, 0.3) is 11.8 Å². The van der Waals surface area contributed by atoms with E-state index in [2.05, 4.69) is 16.0 Å². The summed E-state index contributed by atoms with van der Waals surface area (Å²) in [5.74, 6) is -0.293. The van der Waals surface area contributed by atoms with Crippen LogP contribution in [-0.4, -0.2) is 24.0 Å². The molecule has 3 rings (SSSR count). The Morgan fingerprint density at radius 3 is 2.52 bits per heavy atom. The van der Waals surface area contributed by atoms with Crippen molar-refractivity contribution in [3.05, 3.63) is 77.2 Å². The molecule has 0 radical (unpaired) electrons. The number of nitrogens with one attached hydrogen (secondary N) is 3. The molecule has 0 unspecified atom stereocenters. The first-order valence-electron chi connectivity index (χ1n) is 8.37. The monoisotopic (exact) mass is 429 g/mol. The van der Waals surface area contributed by atoms with Gasteiger partial charge in [-0.15, -0.1) is 0 Å². The molecular weight excluding hydrogens is 414 g/mol. The van der Waals surface area contributed by atoms with E-state index in [9.17, 15) is 9.59 Å². The van der Waals surface area contributed by atoms with Crippen LogP contribution in [0.1, 0.15) is 20.9 Å². The highest BCUT2D eigenvalue weighted by atomic mass is 35.5. The molecule has 0 aliphatic heterocycles. The maximum absolute atomic E-state index is 12.5. The molecule has 0 bridgehead atoms. The highest BCUT2D eigenvalue weighted by Crippen LogP contribution is 2.29. The number of amides is 2. The Bertz CT molecular complexity index is 1050. The predicted octanol–water partition coefficient (Wildman–Crippen LogP) is 4.32. The first-order valence-corrected chi connectivity index (χ1v) is 9.16. The van der Waals surface area contributed by atoms with Crippen LogP contribution < -0.4 is 20.7 Å². The van der Waals surface area contributed by atoms with Gasteiger partial charge >= 0.3 is 0 Å². The standard InChI is InChI=1S/C20H16ClN3O4S/c1-27-17-11-12(22-20(29)24-19(26)16-7-4-10-28-16)8-9-15(17)23-18(25)13-5-2-3-6-14(13)21/h2-11H,1H3,(H,23,25)(H2,22,24,26,29). The Hall–Kier alpha value is -3.36. The second-order valence-corrected chi connectivity index (χ2v) is 6.55. The minimum Gasteiger partial charge on any atom is -0.494 e. The zero-order valence-electron chi connectivity index (χ0n) is 15.2. The molecule has 2 amide bonds. The summed E-state index contributed by atoms with van der Waals surface area (Å²) >= 11 is 11.2. The van der Waals surface area contributed by atoms with E-state index in [-0.39, 0.29) is 16.8 Å². The smallest absolute Gasteiger partial charge is 0.293 e. The summed E-state index contributed by atoms with van der Waals surface area (Å²) < 4.78 is 10.4. The van der Waals surface area contributed by atoms with Gasteiger partial charge in [0.15, 0.2) is 10.9 Å². The van der Waals surface area contributed by atoms with E-state index in [1.165, 1.54) is 19.4 Å². The quantitative estimate of drug-likeness (QED) is 0.523. The molecule has 29 heavy (non-hydrogen) atoms. The molecule has 148 valence electrons. The first-order chi connectivity index (χ1) is 14.0. The van der Waals surface area contributed by atoms with Crippen molar-refractivity contribution in [3.63, 3.8) is 0 Å². The van der Waals surface area contributed by atoms with Crippen molar-refractivity contribution in [1.29, 1.82) is 0 Å². The molecule has 3 N–H and O–H groups in total. The van der Waals surface area contributed by atoms with Crippen LogP contribution in [0, 0.1) is 0 Å². The molecule has 0 aliphatic rings. The highest BCUT2D eigenvalue weighted by molar-refractivity contribution is 7.80. The van der Waals surface area contributed by atoms with Crippen molar-refractivity contribution in [1.82, 2.24) is 5.32 Å².